The molecule has 19 heavy (non-hydrogen) atoms. The summed E-state index contributed by atoms with van der Waals surface area (Å²) in [6, 6.07) is 5.87. The van der Waals surface area contributed by atoms with Crippen molar-refractivity contribution in [3.05, 3.63) is 29.5 Å². The molecule has 0 amide bonds. The van der Waals surface area contributed by atoms with E-state index in [4.69, 9.17) is 9.94 Å². The fourth-order valence-corrected chi connectivity index (χ4v) is 1.81. The molecule has 5 N–H and O–H groups in total. The third-order valence-electron chi connectivity index (χ3n) is 2.88. The SMILES string of the molecule is [O-]N(O)c1cccc(NC2OCC(O)C(O)C2O)c1. The van der Waals surface area contributed by atoms with Gasteiger partial charge in [0.2, 0.25) is 0 Å². The smallest absolute Gasteiger partial charge is 0.156 e. The zero-order chi connectivity index (χ0) is 14.0. The fourth-order valence-electron chi connectivity index (χ4n) is 1.81. The first-order chi connectivity index (χ1) is 8.99. The Morgan fingerprint density at radius 2 is 2.00 bits per heavy atom. The van der Waals surface area contributed by atoms with Gasteiger partial charge in [-0.15, -0.1) is 0 Å². The second-order valence-electron chi connectivity index (χ2n) is 4.27. The molecular formula is C11H15N2O6-. The molecule has 1 aliphatic heterocycles. The standard InChI is InChI=1S/C11H15N2O6/c14-8-5-19-11(10(16)9(8)15)12-6-2-1-3-7(4-6)13(17)18/h1-4,8-12,14-17H,5H2/q-1. The van der Waals surface area contributed by atoms with Crippen molar-refractivity contribution in [1.82, 2.24) is 0 Å². The van der Waals surface area contributed by atoms with Crippen LogP contribution in [0.1, 0.15) is 0 Å². The summed E-state index contributed by atoms with van der Waals surface area (Å²) in [5.74, 6) is 0. The molecular weight excluding hydrogens is 256 g/mol. The molecule has 0 bridgehead atoms. The van der Waals surface area contributed by atoms with Crippen molar-refractivity contribution < 1.29 is 25.3 Å². The number of nitrogens with zero attached hydrogens (tertiary/aromatic N) is 1. The van der Waals surface area contributed by atoms with E-state index in [0.717, 1.165) is 0 Å². The van der Waals surface area contributed by atoms with Gasteiger partial charge in [-0.25, -0.2) is 0 Å². The van der Waals surface area contributed by atoms with Crippen molar-refractivity contribution in [3.8, 4) is 0 Å². The first kappa shape index (κ1) is 14.0. The Morgan fingerprint density at radius 1 is 1.26 bits per heavy atom. The number of aliphatic hydroxyl groups is 3. The minimum Gasteiger partial charge on any atom is -0.733 e. The molecule has 0 spiro atoms. The maximum Gasteiger partial charge on any atom is 0.156 e. The van der Waals surface area contributed by atoms with Crippen LogP contribution in [0.3, 0.4) is 0 Å². The van der Waals surface area contributed by atoms with Crippen LogP contribution in [0.5, 0.6) is 0 Å². The average molecular weight is 271 g/mol. The van der Waals surface area contributed by atoms with E-state index in [0.29, 0.717) is 5.69 Å². The van der Waals surface area contributed by atoms with Crippen molar-refractivity contribution in [1.29, 1.82) is 0 Å². The van der Waals surface area contributed by atoms with Crippen molar-refractivity contribution in [2.75, 3.05) is 17.2 Å². The zero-order valence-electron chi connectivity index (χ0n) is 9.88. The van der Waals surface area contributed by atoms with Crippen molar-refractivity contribution in [2.45, 2.75) is 24.5 Å². The van der Waals surface area contributed by atoms with Crippen LogP contribution in [0.25, 0.3) is 0 Å². The lowest BCUT2D eigenvalue weighted by molar-refractivity contribution is -0.178. The van der Waals surface area contributed by atoms with E-state index in [2.05, 4.69) is 5.32 Å². The molecule has 4 unspecified atom stereocenters. The van der Waals surface area contributed by atoms with Crippen LogP contribution in [-0.4, -0.2) is 51.7 Å². The molecule has 1 heterocycles. The number of aliphatic hydroxyl groups excluding tert-OH is 3. The van der Waals surface area contributed by atoms with Crippen LogP contribution in [0.15, 0.2) is 24.3 Å². The normalized spacial score (nSPS) is 31.0. The third-order valence-corrected chi connectivity index (χ3v) is 2.88. The van der Waals surface area contributed by atoms with Gasteiger partial charge in [-0.05, 0) is 18.2 Å². The van der Waals surface area contributed by atoms with Crippen LogP contribution < -0.4 is 10.5 Å². The Kier molecular flexibility index (Phi) is 4.20. The lowest BCUT2D eigenvalue weighted by Crippen LogP contribution is -2.55. The van der Waals surface area contributed by atoms with Gasteiger partial charge in [0.15, 0.2) is 6.23 Å². The zero-order valence-corrected chi connectivity index (χ0v) is 9.88. The highest BCUT2D eigenvalue weighted by atomic mass is 16.8. The van der Waals surface area contributed by atoms with Crippen LogP contribution in [0.4, 0.5) is 11.4 Å². The Balaban J connectivity index is 2.06. The lowest BCUT2D eigenvalue weighted by atomic mass is 10.0. The molecule has 1 saturated heterocycles. The summed E-state index contributed by atoms with van der Waals surface area (Å²) >= 11 is 0. The Hall–Kier alpha value is -1.42. The summed E-state index contributed by atoms with van der Waals surface area (Å²) in [6.45, 7) is -0.122. The molecule has 0 saturated carbocycles. The van der Waals surface area contributed by atoms with E-state index < -0.39 is 24.5 Å². The summed E-state index contributed by atoms with van der Waals surface area (Å²) < 4.78 is 5.15. The van der Waals surface area contributed by atoms with Gasteiger partial charge in [0.1, 0.15) is 18.3 Å². The molecule has 2 rings (SSSR count). The van der Waals surface area contributed by atoms with E-state index in [1.165, 1.54) is 18.2 Å². The number of anilines is 2. The van der Waals surface area contributed by atoms with Crippen molar-refractivity contribution in [3.63, 3.8) is 0 Å². The van der Waals surface area contributed by atoms with Crippen molar-refractivity contribution in [2.24, 2.45) is 0 Å². The van der Waals surface area contributed by atoms with E-state index in [1.54, 1.807) is 6.07 Å². The molecule has 8 nitrogen and oxygen atoms in total. The van der Waals surface area contributed by atoms with Gasteiger partial charge in [0, 0.05) is 5.69 Å². The first-order valence-electron chi connectivity index (χ1n) is 5.67. The number of ether oxygens (including phenoxy) is 1. The third kappa shape index (κ3) is 3.13. The number of rotatable bonds is 3. The molecule has 8 heteroatoms. The molecule has 1 fully saturated rings. The van der Waals surface area contributed by atoms with E-state index in [9.17, 15) is 20.5 Å². The molecule has 1 aromatic rings. The van der Waals surface area contributed by atoms with Gasteiger partial charge in [-0.3, -0.25) is 5.21 Å². The van der Waals surface area contributed by atoms with Crippen molar-refractivity contribution >= 4 is 11.4 Å². The minimum absolute atomic E-state index is 0.0101. The maximum atomic E-state index is 10.7. The van der Waals surface area contributed by atoms with Gasteiger partial charge >= 0.3 is 0 Å². The van der Waals surface area contributed by atoms with Crippen LogP contribution in [0, 0.1) is 5.21 Å². The Labute approximate surface area is 109 Å². The largest absolute Gasteiger partial charge is 0.733 e. The van der Waals surface area contributed by atoms with E-state index in [-0.39, 0.29) is 17.5 Å². The minimum atomic E-state index is -1.32. The highest BCUT2D eigenvalue weighted by molar-refractivity contribution is 5.57. The number of hydrogen-bond acceptors (Lipinski definition) is 8. The summed E-state index contributed by atoms with van der Waals surface area (Å²) in [5.41, 5.74) is 0.427. The van der Waals surface area contributed by atoms with E-state index in [1.807, 2.05) is 0 Å². The summed E-state index contributed by atoms with van der Waals surface area (Å²) in [4.78, 5) is 0. The fraction of sp³-hybridized carbons (Fsp3) is 0.455. The topological polar surface area (TPSA) is 128 Å². The van der Waals surface area contributed by atoms with E-state index >= 15 is 0 Å². The number of nitrogens with one attached hydrogen (secondary N) is 1. The first-order valence-corrected chi connectivity index (χ1v) is 5.67. The molecule has 106 valence electrons. The molecule has 1 aromatic carbocycles. The second kappa shape index (κ2) is 5.70. The summed E-state index contributed by atoms with van der Waals surface area (Å²) in [5, 5.41) is 50.5. The highest BCUT2D eigenvalue weighted by Crippen LogP contribution is 2.22. The van der Waals surface area contributed by atoms with Crippen LogP contribution in [-0.2, 0) is 4.74 Å². The molecule has 0 radical (unpaired) electrons. The van der Waals surface area contributed by atoms with Gasteiger partial charge in [-0.1, -0.05) is 6.07 Å². The quantitative estimate of drug-likeness (QED) is 0.453. The van der Waals surface area contributed by atoms with Crippen LogP contribution in [0.2, 0.25) is 0 Å². The number of hydrogen-bond donors (Lipinski definition) is 5. The highest BCUT2D eigenvalue weighted by Gasteiger charge is 2.37. The molecule has 0 aliphatic carbocycles. The van der Waals surface area contributed by atoms with Crippen LogP contribution >= 0.6 is 0 Å². The Morgan fingerprint density at radius 3 is 2.68 bits per heavy atom. The summed E-state index contributed by atoms with van der Waals surface area (Å²) in [7, 11) is 0. The number of benzene rings is 1. The lowest BCUT2D eigenvalue weighted by Gasteiger charge is -2.36. The molecule has 1 aliphatic rings. The van der Waals surface area contributed by atoms with Gasteiger partial charge in [0.05, 0.1) is 12.3 Å². The van der Waals surface area contributed by atoms with Gasteiger partial charge < -0.3 is 35.8 Å². The molecule has 0 aromatic heterocycles. The predicted molar refractivity (Wildman–Crippen MR) is 65.5 cm³/mol. The monoisotopic (exact) mass is 271 g/mol. The van der Waals surface area contributed by atoms with Gasteiger partial charge in [-0.2, -0.15) is 0 Å². The Bertz CT molecular complexity index is 429. The molecule has 4 atom stereocenters. The maximum absolute atomic E-state index is 10.7. The average Bonchev–Trinajstić information content (AvgIpc) is 2.40. The predicted octanol–water partition coefficient (Wildman–Crippen LogP) is -0.769. The van der Waals surface area contributed by atoms with Gasteiger partial charge in [0.25, 0.3) is 0 Å². The summed E-state index contributed by atoms with van der Waals surface area (Å²) in [6.07, 6.45) is -4.70. The second-order valence-corrected chi connectivity index (χ2v) is 4.27.